The Morgan fingerprint density at radius 1 is 1.03 bits per heavy atom. The van der Waals surface area contributed by atoms with Crippen molar-refractivity contribution in [2.75, 3.05) is 0 Å². The van der Waals surface area contributed by atoms with E-state index >= 15 is 0 Å². The largest absolute Gasteiger partial charge is 0.321 e. The highest BCUT2D eigenvalue weighted by Crippen LogP contribution is 2.40. The number of benzene rings is 2. The average Bonchev–Trinajstić information content (AvgIpc) is 3.24. The Kier molecular flexibility index (Phi) is 6.27. The molecule has 1 saturated carbocycles. The van der Waals surface area contributed by atoms with Gasteiger partial charge < -0.3 is 5.73 Å². The molecule has 0 amide bonds. The fraction of sp³-hybridized carbons (Fsp3) is 0.219. The smallest absolute Gasteiger partial charge is 0.138 e. The van der Waals surface area contributed by atoms with Crippen LogP contribution in [0.25, 0.3) is 33.6 Å². The molecule has 0 aliphatic heterocycles. The molecule has 0 spiro atoms. The van der Waals surface area contributed by atoms with E-state index in [2.05, 4.69) is 104 Å². The molecule has 0 unspecified atom stereocenters. The fourth-order valence-electron chi connectivity index (χ4n) is 4.89. The summed E-state index contributed by atoms with van der Waals surface area (Å²) in [4.78, 5) is 5.16. The van der Waals surface area contributed by atoms with E-state index in [1.54, 1.807) is 0 Å². The number of pyridine rings is 1. The van der Waals surface area contributed by atoms with Gasteiger partial charge in [0.15, 0.2) is 0 Å². The zero-order valence-electron chi connectivity index (χ0n) is 20.7. The molecule has 2 N–H and O–H groups in total. The van der Waals surface area contributed by atoms with Crippen molar-refractivity contribution in [1.82, 2.24) is 9.38 Å². The van der Waals surface area contributed by atoms with Crippen molar-refractivity contribution in [2.45, 2.75) is 45.1 Å². The van der Waals surface area contributed by atoms with E-state index in [1.807, 2.05) is 12.2 Å². The van der Waals surface area contributed by atoms with Crippen LogP contribution in [0, 0.1) is 6.92 Å². The molecule has 2 heterocycles. The van der Waals surface area contributed by atoms with Gasteiger partial charge in [0.25, 0.3) is 0 Å². The summed E-state index contributed by atoms with van der Waals surface area (Å²) >= 11 is 0. The number of hydrogen-bond acceptors (Lipinski definition) is 2. The molecular formula is C32H33N3. The highest BCUT2D eigenvalue weighted by atomic mass is 15.0. The standard InChI is InChI=1S/C32H33N3/c1-4-6-9-26(8-5-2)31-30(25-14-16-28(17-15-25)32(33)19-7-20-32)34-29-22-27(18-21-35(29)31)24-12-10-23(3)11-13-24/h4,6,8-18,21-22H,1,5,7,19-20,33H2,2-3H3/b9-6-,26-8+. The number of allylic oxidation sites excluding steroid dienone is 5. The molecule has 0 atom stereocenters. The van der Waals surface area contributed by atoms with E-state index in [-0.39, 0.29) is 5.54 Å². The van der Waals surface area contributed by atoms with Crippen molar-refractivity contribution in [2.24, 2.45) is 5.73 Å². The summed E-state index contributed by atoms with van der Waals surface area (Å²) in [5.41, 5.74) is 16.5. The Hall–Kier alpha value is -3.69. The number of fused-ring (bicyclic) bond motifs is 1. The van der Waals surface area contributed by atoms with Crippen LogP contribution in [-0.4, -0.2) is 9.38 Å². The summed E-state index contributed by atoms with van der Waals surface area (Å²) in [6.07, 6.45) is 14.6. The Bertz CT molecular complexity index is 1410. The van der Waals surface area contributed by atoms with E-state index in [9.17, 15) is 0 Å². The first-order valence-corrected chi connectivity index (χ1v) is 12.5. The van der Waals surface area contributed by atoms with Gasteiger partial charge in [-0.2, -0.15) is 0 Å². The van der Waals surface area contributed by atoms with Gasteiger partial charge in [0.05, 0.1) is 11.4 Å². The number of aryl methyl sites for hydroxylation is 1. The van der Waals surface area contributed by atoms with Crippen LogP contribution in [-0.2, 0) is 5.54 Å². The lowest BCUT2D eigenvalue weighted by Gasteiger charge is -2.38. The SMILES string of the molecule is C=C/C=C\C(=C/CC)c1c(-c2ccc(C3(N)CCC3)cc2)nc2cc(-c3ccc(C)cc3)ccn12. The zero-order valence-corrected chi connectivity index (χ0v) is 20.7. The lowest BCUT2D eigenvalue weighted by molar-refractivity contribution is 0.253. The van der Waals surface area contributed by atoms with Crippen LogP contribution in [0.1, 0.15) is 49.4 Å². The molecule has 4 aromatic rings. The van der Waals surface area contributed by atoms with Crippen molar-refractivity contribution in [3.05, 3.63) is 115 Å². The van der Waals surface area contributed by atoms with Gasteiger partial charge in [-0.3, -0.25) is 4.40 Å². The third-order valence-corrected chi connectivity index (χ3v) is 7.10. The number of hydrogen-bond donors (Lipinski definition) is 1. The molecule has 1 aliphatic carbocycles. The van der Waals surface area contributed by atoms with Gasteiger partial charge in [-0.05, 0) is 67.0 Å². The molecule has 0 radical (unpaired) electrons. The molecule has 35 heavy (non-hydrogen) atoms. The maximum absolute atomic E-state index is 6.58. The second-order valence-corrected chi connectivity index (χ2v) is 9.57. The van der Waals surface area contributed by atoms with E-state index in [4.69, 9.17) is 10.7 Å². The van der Waals surface area contributed by atoms with Gasteiger partial charge in [-0.1, -0.05) is 91.9 Å². The molecule has 1 fully saturated rings. The third-order valence-electron chi connectivity index (χ3n) is 7.10. The monoisotopic (exact) mass is 459 g/mol. The molecule has 2 aromatic carbocycles. The summed E-state index contributed by atoms with van der Waals surface area (Å²) in [6, 6.07) is 21.7. The van der Waals surface area contributed by atoms with E-state index in [1.165, 1.54) is 23.1 Å². The third kappa shape index (κ3) is 4.40. The second-order valence-electron chi connectivity index (χ2n) is 9.57. The number of rotatable bonds is 7. The predicted molar refractivity (Wildman–Crippen MR) is 148 cm³/mol. The summed E-state index contributed by atoms with van der Waals surface area (Å²) in [6.45, 7) is 8.14. The van der Waals surface area contributed by atoms with Crippen LogP contribution in [0.4, 0.5) is 0 Å². The number of aromatic nitrogens is 2. The normalized spacial score (nSPS) is 15.5. The van der Waals surface area contributed by atoms with Crippen LogP contribution in [0.5, 0.6) is 0 Å². The minimum absolute atomic E-state index is 0.164. The quantitative estimate of drug-likeness (QED) is 0.286. The minimum Gasteiger partial charge on any atom is -0.321 e. The van der Waals surface area contributed by atoms with Crippen molar-refractivity contribution >= 4 is 11.2 Å². The fourth-order valence-corrected chi connectivity index (χ4v) is 4.89. The van der Waals surface area contributed by atoms with E-state index in [0.29, 0.717) is 0 Å². The molecular weight excluding hydrogens is 426 g/mol. The molecule has 1 aliphatic rings. The first-order valence-electron chi connectivity index (χ1n) is 12.5. The summed E-state index contributed by atoms with van der Waals surface area (Å²) < 4.78 is 2.20. The van der Waals surface area contributed by atoms with Crippen molar-refractivity contribution in [3.63, 3.8) is 0 Å². The van der Waals surface area contributed by atoms with Gasteiger partial charge in [-0.15, -0.1) is 0 Å². The van der Waals surface area contributed by atoms with Crippen LogP contribution in [0.15, 0.2) is 97.7 Å². The molecule has 3 heteroatoms. The number of nitrogens with two attached hydrogens (primary N) is 1. The first-order chi connectivity index (χ1) is 17.0. The van der Waals surface area contributed by atoms with Gasteiger partial charge in [0, 0.05) is 17.3 Å². The van der Waals surface area contributed by atoms with Gasteiger partial charge in [0.1, 0.15) is 5.65 Å². The molecule has 3 nitrogen and oxygen atoms in total. The van der Waals surface area contributed by atoms with Gasteiger partial charge in [0.2, 0.25) is 0 Å². The second kappa shape index (κ2) is 9.52. The zero-order chi connectivity index (χ0) is 24.4. The Balaban J connectivity index is 1.67. The van der Waals surface area contributed by atoms with Gasteiger partial charge >= 0.3 is 0 Å². The predicted octanol–water partition coefficient (Wildman–Crippen LogP) is 7.85. The topological polar surface area (TPSA) is 43.3 Å². The Morgan fingerprint density at radius 2 is 1.74 bits per heavy atom. The van der Waals surface area contributed by atoms with Crippen LogP contribution in [0.2, 0.25) is 0 Å². The van der Waals surface area contributed by atoms with Gasteiger partial charge in [-0.25, -0.2) is 4.98 Å². The molecule has 0 saturated heterocycles. The molecule has 176 valence electrons. The molecule has 0 bridgehead atoms. The van der Waals surface area contributed by atoms with Crippen LogP contribution >= 0.6 is 0 Å². The minimum atomic E-state index is -0.164. The summed E-state index contributed by atoms with van der Waals surface area (Å²) in [5, 5.41) is 0. The highest BCUT2D eigenvalue weighted by molar-refractivity contribution is 5.85. The van der Waals surface area contributed by atoms with E-state index < -0.39 is 0 Å². The van der Waals surface area contributed by atoms with Crippen molar-refractivity contribution < 1.29 is 0 Å². The maximum Gasteiger partial charge on any atom is 0.138 e. The molecule has 2 aromatic heterocycles. The number of nitrogens with zero attached hydrogens (tertiary/aromatic N) is 2. The first kappa shape index (κ1) is 23.1. The van der Waals surface area contributed by atoms with Crippen molar-refractivity contribution in [1.29, 1.82) is 0 Å². The van der Waals surface area contributed by atoms with Crippen molar-refractivity contribution in [3.8, 4) is 22.4 Å². The van der Waals surface area contributed by atoms with E-state index in [0.717, 1.165) is 53.0 Å². The number of imidazole rings is 1. The van der Waals surface area contributed by atoms with Crippen LogP contribution < -0.4 is 5.73 Å². The van der Waals surface area contributed by atoms with Crippen LogP contribution in [0.3, 0.4) is 0 Å². The Morgan fingerprint density at radius 3 is 2.37 bits per heavy atom. The summed E-state index contributed by atoms with van der Waals surface area (Å²) in [7, 11) is 0. The maximum atomic E-state index is 6.58. The lowest BCUT2D eigenvalue weighted by Crippen LogP contribution is -2.43. The lowest BCUT2D eigenvalue weighted by atomic mass is 9.72. The summed E-state index contributed by atoms with van der Waals surface area (Å²) in [5.74, 6) is 0. The Labute approximate surface area is 208 Å². The average molecular weight is 460 g/mol. The molecule has 5 rings (SSSR count). The highest BCUT2D eigenvalue weighted by Gasteiger charge is 2.34.